The SMILES string of the molecule is COc1cc2nn(CCCO)nc2cc1OC. The molecule has 0 aliphatic heterocycles. The Balaban J connectivity index is 2.39. The molecule has 0 radical (unpaired) electrons. The Bertz CT molecular complexity index is 469. The van der Waals surface area contributed by atoms with E-state index in [1.54, 1.807) is 31.1 Å². The Kier molecular flexibility index (Phi) is 3.43. The second-order valence-corrected chi connectivity index (χ2v) is 3.57. The molecular weight excluding hydrogens is 222 g/mol. The fraction of sp³-hybridized carbons (Fsp3) is 0.455. The van der Waals surface area contributed by atoms with E-state index in [1.165, 1.54) is 0 Å². The van der Waals surface area contributed by atoms with Crippen LogP contribution in [0, 0.1) is 0 Å². The van der Waals surface area contributed by atoms with Gasteiger partial charge in [-0.3, -0.25) is 0 Å². The minimum Gasteiger partial charge on any atom is -0.493 e. The first kappa shape index (κ1) is 11.7. The average Bonchev–Trinajstić information content (AvgIpc) is 2.76. The number of aryl methyl sites for hydroxylation is 1. The molecule has 1 heterocycles. The van der Waals surface area contributed by atoms with E-state index < -0.39 is 0 Å². The van der Waals surface area contributed by atoms with Gasteiger partial charge >= 0.3 is 0 Å². The lowest BCUT2D eigenvalue weighted by atomic mass is 10.3. The van der Waals surface area contributed by atoms with Gasteiger partial charge in [0.15, 0.2) is 11.5 Å². The lowest BCUT2D eigenvalue weighted by molar-refractivity contribution is 0.273. The number of aliphatic hydroxyl groups is 1. The molecule has 2 rings (SSSR count). The van der Waals surface area contributed by atoms with E-state index in [0.717, 1.165) is 11.0 Å². The van der Waals surface area contributed by atoms with Gasteiger partial charge in [-0.05, 0) is 6.42 Å². The number of benzene rings is 1. The Morgan fingerprint density at radius 3 is 2.06 bits per heavy atom. The summed E-state index contributed by atoms with van der Waals surface area (Å²) in [4.78, 5) is 1.57. The largest absolute Gasteiger partial charge is 0.493 e. The van der Waals surface area contributed by atoms with Crippen molar-refractivity contribution in [1.29, 1.82) is 0 Å². The van der Waals surface area contributed by atoms with Crippen LogP contribution in [0.2, 0.25) is 0 Å². The number of aromatic nitrogens is 3. The van der Waals surface area contributed by atoms with Crippen LogP contribution in [0.15, 0.2) is 12.1 Å². The van der Waals surface area contributed by atoms with Crippen LogP contribution in [0.4, 0.5) is 0 Å². The summed E-state index contributed by atoms with van der Waals surface area (Å²) in [5, 5.41) is 17.3. The highest BCUT2D eigenvalue weighted by Crippen LogP contribution is 2.30. The normalized spacial score (nSPS) is 10.8. The third-order valence-electron chi connectivity index (χ3n) is 2.44. The first-order chi connectivity index (χ1) is 8.28. The average molecular weight is 237 g/mol. The minimum atomic E-state index is 0.129. The van der Waals surface area contributed by atoms with E-state index >= 15 is 0 Å². The van der Waals surface area contributed by atoms with Gasteiger partial charge in [0.25, 0.3) is 0 Å². The molecule has 0 unspecified atom stereocenters. The summed E-state index contributed by atoms with van der Waals surface area (Å²) < 4.78 is 10.4. The first-order valence-corrected chi connectivity index (χ1v) is 5.36. The third kappa shape index (κ3) is 2.31. The highest BCUT2D eigenvalue weighted by Gasteiger charge is 2.10. The number of hydrogen-bond donors (Lipinski definition) is 1. The fourth-order valence-corrected chi connectivity index (χ4v) is 1.60. The van der Waals surface area contributed by atoms with Crippen molar-refractivity contribution in [1.82, 2.24) is 15.0 Å². The zero-order chi connectivity index (χ0) is 12.3. The summed E-state index contributed by atoms with van der Waals surface area (Å²) in [5.41, 5.74) is 1.50. The predicted octanol–water partition coefficient (Wildman–Crippen LogP) is 0.831. The molecule has 1 N–H and O–H groups in total. The fourth-order valence-electron chi connectivity index (χ4n) is 1.60. The van der Waals surface area contributed by atoms with Crippen molar-refractivity contribution in [2.24, 2.45) is 0 Å². The van der Waals surface area contributed by atoms with E-state index in [1.807, 2.05) is 0 Å². The van der Waals surface area contributed by atoms with Gasteiger partial charge in [-0.2, -0.15) is 15.0 Å². The van der Waals surface area contributed by atoms with Gasteiger partial charge < -0.3 is 14.6 Å². The molecule has 0 atom stereocenters. The monoisotopic (exact) mass is 237 g/mol. The van der Waals surface area contributed by atoms with Crippen molar-refractivity contribution in [2.45, 2.75) is 13.0 Å². The highest BCUT2D eigenvalue weighted by molar-refractivity contribution is 5.78. The Labute approximate surface area is 98.8 Å². The molecule has 2 aromatic rings. The topological polar surface area (TPSA) is 69.4 Å². The van der Waals surface area contributed by atoms with E-state index in [0.29, 0.717) is 24.5 Å². The van der Waals surface area contributed by atoms with Crippen molar-refractivity contribution in [3.05, 3.63) is 12.1 Å². The molecule has 0 amide bonds. The minimum absolute atomic E-state index is 0.129. The van der Waals surface area contributed by atoms with E-state index in [-0.39, 0.29) is 6.61 Å². The Hall–Kier alpha value is -1.82. The van der Waals surface area contributed by atoms with Crippen LogP contribution in [0.5, 0.6) is 11.5 Å². The van der Waals surface area contributed by atoms with Crippen LogP contribution in [-0.4, -0.2) is 40.9 Å². The maximum absolute atomic E-state index is 8.76. The molecule has 0 fully saturated rings. The molecule has 1 aromatic carbocycles. The molecule has 0 aliphatic carbocycles. The van der Waals surface area contributed by atoms with Gasteiger partial charge in [0.1, 0.15) is 11.0 Å². The van der Waals surface area contributed by atoms with Crippen LogP contribution in [-0.2, 0) is 6.54 Å². The summed E-state index contributed by atoms with van der Waals surface area (Å²) in [6.07, 6.45) is 0.634. The van der Waals surface area contributed by atoms with Gasteiger partial charge in [-0.1, -0.05) is 0 Å². The van der Waals surface area contributed by atoms with Gasteiger partial charge in [0.2, 0.25) is 0 Å². The molecule has 6 nitrogen and oxygen atoms in total. The summed E-state index contributed by atoms with van der Waals surface area (Å²) in [7, 11) is 3.17. The number of nitrogens with zero attached hydrogens (tertiary/aromatic N) is 3. The van der Waals surface area contributed by atoms with E-state index in [2.05, 4.69) is 10.2 Å². The molecule has 17 heavy (non-hydrogen) atoms. The second kappa shape index (κ2) is 5.01. The molecule has 1 aromatic heterocycles. The number of hydrogen-bond acceptors (Lipinski definition) is 5. The number of aliphatic hydroxyl groups excluding tert-OH is 1. The molecular formula is C11H15N3O3. The number of rotatable bonds is 5. The van der Waals surface area contributed by atoms with Crippen LogP contribution in [0.3, 0.4) is 0 Å². The van der Waals surface area contributed by atoms with Gasteiger partial charge in [-0.15, -0.1) is 0 Å². The Morgan fingerprint density at radius 2 is 1.65 bits per heavy atom. The standard InChI is InChI=1S/C11H15N3O3/c1-16-10-6-8-9(7-11(10)17-2)13-14(12-8)4-3-5-15/h6-7,15H,3-5H2,1-2H3. The van der Waals surface area contributed by atoms with Gasteiger partial charge in [-0.25, -0.2) is 0 Å². The lowest BCUT2D eigenvalue weighted by Gasteiger charge is -2.05. The summed E-state index contributed by atoms with van der Waals surface area (Å²) in [6, 6.07) is 3.58. The quantitative estimate of drug-likeness (QED) is 0.834. The van der Waals surface area contributed by atoms with Crippen molar-refractivity contribution >= 4 is 11.0 Å². The van der Waals surface area contributed by atoms with Crippen LogP contribution < -0.4 is 9.47 Å². The zero-order valence-electron chi connectivity index (χ0n) is 9.88. The molecule has 92 valence electrons. The zero-order valence-corrected chi connectivity index (χ0v) is 9.88. The summed E-state index contributed by atoms with van der Waals surface area (Å²) in [5.74, 6) is 1.27. The van der Waals surface area contributed by atoms with Crippen molar-refractivity contribution in [2.75, 3.05) is 20.8 Å². The molecule has 0 spiro atoms. The molecule has 0 bridgehead atoms. The lowest BCUT2D eigenvalue weighted by Crippen LogP contribution is -2.03. The van der Waals surface area contributed by atoms with E-state index in [9.17, 15) is 0 Å². The second-order valence-electron chi connectivity index (χ2n) is 3.57. The number of ether oxygens (including phenoxy) is 2. The Morgan fingerprint density at radius 1 is 1.12 bits per heavy atom. The first-order valence-electron chi connectivity index (χ1n) is 5.36. The van der Waals surface area contributed by atoms with Crippen LogP contribution in [0.1, 0.15) is 6.42 Å². The summed E-state index contributed by atoms with van der Waals surface area (Å²) in [6.45, 7) is 0.723. The third-order valence-corrected chi connectivity index (χ3v) is 2.44. The maximum atomic E-state index is 8.76. The predicted molar refractivity (Wildman–Crippen MR) is 62.3 cm³/mol. The smallest absolute Gasteiger partial charge is 0.163 e. The molecule has 0 saturated carbocycles. The van der Waals surface area contributed by atoms with Crippen molar-refractivity contribution in [3.8, 4) is 11.5 Å². The molecule has 0 saturated heterocycles. The number of fused-ring (bicyclic) bond motifs is 1. The summed E-state index contributed by atoms with van der Waals surface area (Å²) >= 11 is 0. The van der Waals surface area contributed by atoms with E-state index in [4.69, 9.17) is 14.6 Å². The molecule has 6 heteroatoms. The van der Waals surface area contributed by atoms with Crippen molar-refractivity contribution in [3.63, 3.8) is 0 Å². The molecule has 0 aliphatic rings. The van der Waals surface area contributed by atoms with Gasteiger partial charge in [0.05, 0.1) is 20.8 Å². The van der Waals surface area contributed by atoms with Crippen LogP contribution in [0.25, 0.3) is 11.0 Å². The van der Waals surface area contributed by atoms with Crippen molar-refractivity contribution < 1.29 is 14.6 Å². The highest BCUT2D eigenvalue weighted by atomic mass is 16.5. The maximum Gasteiger partial charge on any atom is 0.163 e. The van der Waals surface area contributed by atoms with Gasteiger partial charge in [0, 0.05) is 18.7 Å². The number of methoxy groups -OCH3 is 2. The van der Waals surface area contributed by atoms with Crippen LogP contribution >= 0.6 is 0 Å².